The van der Waals surface area contributed by atoms with Gasteiger partial charge in [0.2, 0.25) is 0 Å². The van der Waals surface area contributed by atoms with Crippen molar-refractivity contribution in [3.05, 3.63) is 33.4 Å². The second-order valence-corrected chi connectivity index (χ2v) is 4.18. The van der Waals surface area contributed by atoms with Crippen LogP contribution in [0.4, 0.5) is 0 Å². The first kappa shape index (κ1) is 12.5. The molecule has 2 rings (SSSR count). The van der Waals surface area contributed by atoms with Gasteiger partial charge in [0.1, 0.15) is 5.76 Å². The molecule has 0 spiro atoms. The van der Waals surface area contributed by atoms with Crippen LogP contribution in [0.3, 0.4) is 0 Å². The molecule has 0 fully saturated rings. The second-order valence-electron chi connectivity index (χ2n) is 4.18. The normalized spacial score (nSPS) is 14.9. The van der Waals surface area contributed by atoms with Gasteiger partial charge >= 0.3 is 5.63 Å². The number of aryl methyl sites for hydroxylation is 1. The minimum absolute atomic E-state index is 0.0499. The molecule has 6 heteroatoms. The molecule has 96 valence electrons. The number of hydrogen-bond donors (Lipinski definition) is 1. The summed E-state index contributed by atoms with van der Waals surface area (Å²) in [5, 5.41) is 9.41. The SMILES string of the molecule is CCCCc1cc(=O)oc2c1C(=O)N(O)C(=O)C2. The molecule has 1 N–H and O–H groups in total. The molecule has 1 aliphatic rings. The minimum atomic E-state index is -0.823. The molecule has 0 unspecified atom stereocenters. The minimum Gasteiger partial charge on any atom is -0.426 e. The van der Waals surface area contributed by atoms with E-state index >= 15 is 0 Å². The van der Waals surface area contributed by atoms with Crippen LogP contribution < -0.4 is 5.63 Å². The third-order valence-corrected chi connectivity index (χ3v) is 2.87. The highest BCUT2D eigenvalue weighted by molar-refractivity contribution is 6.08. The van der Waals surface area contributed by atoms with Gasteiger partial charge in [0.15, 0.2) is 0 Å². The smallest absolute Gasteiger partial charge is 0.336 e. The van der Waals surface area contributed by atoms with Crippen LogP contribution in [0.15, 0.2) is 15.3 Å². The Labute approximate surface area is 103 Å². The molecular formula is C12H13NO5. The zero-order valence-electron chi connectivity index (χ0n) is 9.93. The molecule has 2 amide bonds. The highest BCUT2D eigenvalue weighted by Crippen LogP contribution is 2.22. The molecule has 0 saturated heterocycles. The maximum absolute atomic E-state index is 11.8. The van der Waals surface area contributed by atoms with Crippen molar-refractivity contribution in [2.75, 3.05) is 0 Å². The Morgan fingerprint density at radius 2 is 2.11 bits per heavy atom. The predicted molar refractivity (Wildman–Crippen MR) is 60.3 cm³/mol. The third kappa shape index (κ3) is 2.06. The number of carbonyl (C=O) groups excluding carboxylic acids is 2. The zero-order valence-corrected chi connectivity index (χ0v) is 9.93. The lowest BCUT2D eigenvalue weighted by atomic mass is 9.98. The van der Waals surface area contributed by atoms with Crippen LogP contribution in [0.5, 0.6) is 0 Å². The molecule has 0 aliphatic carbocycles. The van der Waals surface area contributed by atoms with E-state index in [9.17, 15) is 19.6 Å². The Kier molecular flexibility index (Phi) is 3.29. The molecular weight excluding hydrogens is 238 g/mol. The summed E-state index contributed by atoms with van der Waals surface area (Å²) in [7, 11) is 0. The van der Waals surface area contributed by atoms with Crippen LogP contribution in [0, 0.1) is 0 Å². The fourth-order valence-electron chi connectivity index (χ4n) is 1.97. The van der Waals surface area contributed by atoms with Crippen molar-refractivity contribution in [3.63, 3.8) is 0 Å². The topological polar surface area (TPSA) is 87.8 Å². The van der Waals surface area contributed by atoms with Crippen molar-refractivity contribution >= 4 is 11.8 Å². The Morgan fingerprint density at radius 3 is 2.78 bits per heavy atom. The predicted octanol–water partition coefficient (Wildman–Crippen LogP) is 0.897. The van der Waals surface area contributed by atoms with Crippen LogP contribution in [0.25, 0.3) is 0 Å². The number of hydroxylamine groups is 2. The third-order valence-electron chi connectivity index (χ3n) is 2.87. The van der Waals surface area contributed by atoms with Gasteiger partial charge in [-0.25, -0.2) is 4.79 Å². The van der Waals surface area contributed by atoms with Crippen LogP contribution >= 0.6 is 0 Å². The number of amides is 2. The summed E-state index contributed by atoms with van der Waals surface area (Å²) < 4.78 is 4.87. The van der Waals surface area contributed by atoms with E-state index in [-0.39, 0.29) is 22.8 Å². The summed E-state index contributed by atoms with van der Waals surface area (Å²) in [5.41, 5.74) is 0.0941. The maximum atomic E-state index is 11.8. The standard InChI is InChI=1S/C12H13NO5/c1-2-3-4-7-5-10(15)18-8-6-9(14)13(17)12(16)11(7)8/h5,17H,2-4,6H2,1H3. The number of carbonyl (C=O) groups is 2. The average Bonchev–Trinajstić information content (AvgIpc) is 2.32. The van der Waals surface area contributed by atoms with E-state index in [1.54, 1.807) is 0 Å². The molecule has 0 saturated carbocycles. The monoisotopic (exact) mass is 251 g/mol. The van der Waals surface area contributed by atoms with E-state index in [1.165, 1.54) is 6.07 Å². The molecule has 1 aromatic heterocycles. The van der Waals surface area contributed by atoms with Gasteiger partial charge in [-0.1, -0.05) is 13.3 Å². The molecule has 0 radical (unpaired) electrons. The summed E-state index contributed by atoms with van der Waals surface area (Å²) in [6, 6.07) is 1.25. The van der Waals surface area contributed by atoms with Crippen molar-refractivity contribution in [1.82, 2.24) is 5.06 Å². The first-order valence-electron chi connectivity index (χ1n) is 5.76. The number of nitrogens with zero attached hydrogens (tertiary/aromatic N) is 1. The van der Waals surface area contributed by atoms with Gasteiger partial charge in [0.05, 0.1) is 12.0 Å². The first-order chi connectivity index (χ1) is 8.54. The molecule has 18 heavy (non-hydrogen) atoms. The van der Waals surface area contributed by atoms with E-state index < -0.39 is 17.4 Å². The lowest BCUT2D eigenvalue weighted by Gasteiger charge is -2.21. The van der Waals surface area contributed by atoms with Crippen molar-refractivity contribution in [2.45, 2.75) is 32.6 Å². The van der Waals surface area contributed by atoms with Gasteiger partial charge in [0, 0.05) is 6.07 Å². The van der Waals surface area contributed by atoms with Gasteiger partial charge < -0.3 is 4.42 Å². The fraction of sp³-hybridized carbons (Fsp3) is 0.417. The first-order valence-corrected chi connectivity index (χ1v) is 5.76. The number of rotatable bonds is 3. The van der Waals surface area contributed by atoms with Gasteiger partial charge in [-0.2, -0.15) is 5.06 Å². The van der Waals surface area contributed by atoms with E-state index in [0.717, 1.165) is 12.8 Å². The number of hydrogen-bond acceptors (Lipinski definition) is 5. The van der Waals surface area contributed by atoms with E-state index in [2.05, 4.69) is 0 Å². The Bertz CT molecular complexity index is 560. The van der Waals surface area contributed by atoms with Crippen LogP contribution in [-0.2, 0) is 17.6 Å². The summed E-state index contributed by atoms with van der Waals surface area (Å²) in [4.78, 5) is 34.5. The van der Waals surface area contributed by atoms with Gasteiger partial charge in [-0.15, -0.1) is 0 Å². The average molecular weight is 251 g/mol. The summed E-state index contributed by atoms with van der Waals surface area (Å²) in [6.07, 6.45) is 1.98. The molecule has 6 nitrogen and oxygen atoms in total. The quantitative estimate of drug-likeness (QED) is 0.636. The largest absolute Gasteiger partial charge is 0.426 e. The van der Waals surface area contributed by atoms with Crippen LogP contribution in [-0.4, -0.2) is 22.1 Å². The maximum Gasteiger partial charge on any atom is 0.336 e. The summed E-state index contributed by atoms with van der Waals surface area (Å²) in [5.74, 6) is -1.56. The highest BCUT2D eigenvalue weighted by atomic mass is 16.5. The van der Waals surface area contributed by atoms with E-state index in [1.807, 2.05) is 6.92 Å². The number of imide groups is 1. The molecule has 2 heterocycles. The van der Waals surface area contributed by atoms with E-state index in [0.29, 0.717) is 12.0 Å². The van der Waals surface area contributed by atoms with Crippen molar-refractivity contribution < 1.29 is 19.2 Å². The molecule has 1 aromatic rings. The van der Waals surface area contributed by atoms with E-state index in [4.69, 9.17) is 4.42 Å². The zero-order chi connectivity index (χ0) is 13.3. The lowest BCUT2D eigenvalue weighted by Crippen LogP contribution is -2.41. The summed E-state index contributed by atoms with van der Waals surface area (Å²) >= 11 is 0. The Balaban J connectivity index is 2.53. The lowest BCUT2D eigenvalue weighted by molar-refractivity contribution is -0.154. The van der Waals surface area contributed by atoms with Gasteiger partial charge in [-0.3, -0.25) is 14.8 Å². The number of unbranched alkanes of at least 4 members (excludes halogenated alkanes) is 1. The molecule has 0 bridgehead atoms. The van der Waals surface area contributed by atoms with Gasteiger partial charge in [0.25, 0.3) is 11.8 Å². The Morgan fingerprint density at radius 1 is 1.39 bits per heavy atom. The van der Waals surface area contributed by atoms with Crippen molar-refractivity contribution in [3.8, 4) is 0 Å². The number of fused-ring (bicyclic) bond motifs is 1. The van der Waals surface area contributed by atoms with Crippen LogP contribution in [0.1, 0.15) is 41.4 Å². The van der Waals surface area contributed by atoms with Gasteiger partial charge in [-0.05, 0) is 18.4 Å². The fourth-order valence-corrected chi connectivity index (χ4v) is 1.97. The molecule has 0 aromatic carbocycles. The van der Waals surface area contributed by atoms with Crippen molar-refractivity contribution in [1.29, 1.82) is 0 Å². The van der Waals surface area contributed by atoms with Crippen molar-refractivity contribution in [2.24, 2.45) is 0 Å². The molecule has 0 atom stereocenters. The summed E-state index contributed by atoms with van der Waals surface area (Å²) in [6.45, 7) is 1.99. The Hall–Kier alpha value is -1.95. The molecule has 1 aliphatic heterocycles. The second kappa shape index (κ2) is 4.73. The van der Waals surface area contributed by atoms with Crippen LogP contribution in [0.2, 0.25) is 0 Å². The highest BCUT2D eigenvalue weighted by Gasteiger charge is 2.34.